The molecule has 5 heterocycles. The quantitative estimate of drug-likeness (QED) is 0.644. The van der Waals surface area contributed by atoms with Crippen LogP contribution in [-0.2, 0) is 16.0 Å². The summed E-state index contributed by atoms with van der Waals surface area (Å²) in [5, 5.41) is 11.7. The van der Waals surface area contributed by atoms with Crippen molar-refractivity contribution < 1.29 is 14.6 Å². The highest BCUT2D eigenvalue weighted by molar-refractivity contribution is 5.86. The standard InChI is InChI=1S/C21H24N2O3/c1-3-12-10-23-17-9-15(12)21(11-24,20(25)26-2)18(23)8-14-13-6-4-5-7-16(13)22-19(14)17/h3-7,15,17-18,22,24H,8-11H2,1-2H3/b12-3-. The molecule has 5 unspecified atom stereocenters. The van der Waals surface area contributed by atoms with Crippen LogP contribution in [0.1, 0.15) is 30.6 Å². The zero-order chi connectivity index (χ0) is 18.1. The van der Waals surface area contributed by atoms with Gasteiger partial charge in [0.05, 0.1) is 19.8 Å². The van der Waals surface area contributed by atoms with Crippen molar-refractivity contribution in [3.63, 3.8) is 0 Å². The summed E-state index contributed by atoms with van der Waals surface area (Å²) in [6.07, 6.45) is 3.72. The van der Waals surface area contributed by atoms with Crippen LogP contribution >= 0.6 is 0 Å². The van der Waals surface area contributed by atoms with Gasteiger partial charge in [-0.15, -0.1) is 0 Å². The van der Waals surface area contributed by atoms with Gasteiger partial charge in [-0.25, -0.2) is 0 Å². The van der Waals surface area contributed by atoms with Crippen LogP contribution in [-0.4, -0.2) is 47.3 Å². The van der Waals surface area contributed by atoms with Crippen molar-refractivity contribution >= 4 is 16.9 Å². The van der Waals surface area contributed by atoms with E-state index in [0.29, 0.717) is 0 Å². The molecule has 0 radical (unpaired) electrons. The molecule has 1 aromatic carbocycles. The third-order valence-electron chi connectivity index (χ3n) is 7.06. The minimum Gasteiger partial charge on any atom is -0.468 e. The van der Waals surface area contributed by atoms with E-state index in [0.717, 1.165) is 24.9 Å². The van der Waals surface area contributed by atoms with E-state index in [1.54, 1.807) is 0 Å². The zero-order valence-electron chi connectivity index (χ0n) is 15.2. The summed E-state index contributed by atoms with van der Waals surface area (Å²) in [5.41, 5.74) is 4.12. The Labute approximate surface area is 152 Å². The molecule has 5 atom stereocenters. The van der Waals surface area contributed by atoms with E-state index in [-0.39, 0.29) is 30.6 Å². The van der Waals surface area contributed by atoms with E-state index in [1.807, 2.05) is 13.0 Å². The second-order valence-electron chi connectivity index (χ2n) is 7.81. The highest BCUT2D eigenvalue weighted by Crippen LogP contribution is 2.59. The molecular formula is C21H24N2O3. The summed E-state index contributed by atoms with van der Waals surface area (Å²) >= 11 is 0. The Bertz CT molecular complexity index is 930. The number of rotatable bonds is 2. The molecule has 3 saturated heterocycles. The largest absolute Gasteiger partial charge is 0.468 e. The van der Waals surface area contributed by atoms with E-state index in [2.05, 4.69) is 34.2 Å². The van der Waals surface area contributed by atoms with Crippen LogP contribution in [0.4, 0.5) is 0 Å². The van der Waals surface area contributed by atoms with Crippen molar-refractivity contribution in [2.24, 2.45) is 11.3 Å². The number of carbonyl (C=O) groups is 1. The molecule has 4 bridgehead atoms. The molecule has 6 rings (SSSR count). The summed E-state index contributed by atoms with van der Waals surface area (Å²) in [5.74, 6) is -0.245. The third-order valence-corrected chi connectivity index (χ3v) is 7.06. The molecule has 0 amide bonds. The first-order valence-corrected chi connectivity index (χ1v) is 9.35. The highest BCUT2D eigenvalue weighted by Gasteiger charge is 2.64. The van der Waals surface area contributed by atoms with Gasteiger partial charge in [0, 0.05) is 35.1 Å². The predicted molar refractivity (Wildman–Crippen MR) is 98.6 cm³/mol. The number of aliphatic hydroxyl groups excluding tert-OH is 1. The molecule has 2 aromatic rings. The van der Waals surface area contributed by atoms with Crippen molar-refractivity contribution in [3.8, 4) is 0 Å². The normalized spacial score (nSPS) is 36.3. The number of methoxy groups -OCH3 is 1. The Morgan fingerprint density at radius 2 is 2.27 bits per heavy atom. The molecule has 1 aromatic heterocycles. The predicted octanol–water partition coefficient (Wildman–Crippen LogP) is 2.57. The summed E-state index contributed by atoms with van der Waals surface area (Å²) in [4.78, 5) is 19.0. The first-order valence-electron chi connectivity index (χ1n) is 9.35. The number of para-hydroxylation sites is 1. The molecule has 4 aliphatic rings. The molecule has 0 saturated carbocycles. The van der Waals surface area contributed by atoms with Crippen LogP contribution < -0.4 is 0 Å². The number of esters is 1. The van der Waals surface area contributed by atoms with Crippen molar-refractivity contribution in [1.29, 1.82) is 0 Å². The number of aliphatic hydroxyl groups is 1. The number of H-pyrrole nitrogens is 1. The van der Waals surface area contributed by atoms with Crippen molar-refractivity contribution in [1.82, 2.24) is 9.88 Å². The lowest BCUT2D eigenvalue weighted by atomic mass is 9.55. The smallest absolute Gasteiger partial charge is 0.316 e. The summed E-state index contributed by atoms with van der Waals surface area (Å²) in [6.45, 7) is 2.72. The maximum absolute atomic E-state index is 12.9. The van der Waals surface area contributed by atoms with Gasteiger partial charge in [-0.3, -0.25) is 9.69 Å². The van der Waals surface area contributed by atoms with E-state index in [9.17, 15) is 9.90 Å². The lowest BCUT2D eigenvalue weighted by Gasteiger charge is -2.62. The highest BCUT2D eigenvalue weighted by atomic mass is 16.5. The number of piperidine rings is 3. The lowest BCUT2D eigenvalue weighted by Crippen LogP contribution is -2.69. The van der Waals surface area contributed by atoms with Gasteiger partial charge >= 0.3 is 5.97 Å². The molecule has 4 aliphatic heterocycles. The molecule has 5 nitrogen and oxygen atoms in total. The number of ether oxygens (including phenoxy) is 1. The number of hydrogen-bond acceptors (Lipinski definition) is 4. The number of allylic oxidation sites excluding steroid dienone is 1. The zero-order valence-corrected chi connectivity index (χ0v) is 15.2. The number of benzene rings is 1. The number of nitrogens with zero attached hydrogens (tertiary/aromatic N) is 1. The maximum Gasteiger partial charge on any atom is 0.316 e. The number of aromatic amines is 1. The average molecular weight is 352 g/mol. The fourth-order valence-corrected chi connectivity index (χ4v) is 5.88. The van der Waals surface area contributed by atoms with Gasteiger partial charge in [-0.05, 0) is 31.4 Å². The molecule has 2 N–H and O–H groups in total. The van der Waals surface area contributed by atoms with Crippen molar-refractivity contribution in [2.75, 3.05) is 20.3 Å². The number of hydrogen-bond donors (Lipinski definition) is 2. The first kappa shape index (κ1) is 16.1. The van der Waals surface area contributed by atoms with Crippen LogP contribution in [0.2, 0.25) is 0 Å². The van der Waals surface area contributed by atoms with E-state index < -0.39 is 5.41 Å². The van der Waals surface area contributed by atoms with Crippen molar-refractivity contribution in [3.05, 3.63) is 47.2 Å². The minimum atomic E-state index is -0.874. The van der Waals surface area contributed by atoms with Crippen LogP contribution in [0.15, 0.2) is 35.9 Å². The number of carbonyl (C=O) groups excluding carboxylic acids is 1. The fraction of sp³-hybridized carbons (Fsp3) is 0.476. The fourth-order valence-electron chi connectivity index (χ4n) is 5.88. The SMILES string of the molecule is C/C=C1/CN2C3CC1C(CO)(C(=O)OC)C2Cc1c3[nH]c2ccccc12. The van der Waals surface area contributed by atoms with Gasteiger partial charge in [0.25, 0.3) is 0 Å². The van der Waals surface area contributed by atoms with Crippen molar-refractivity contribution in [2.45, 2.75) is 31.8 Å². The van der Waals surface area contributed by atoms with Crippen LogP contribution in [0.5, 0.6) is 0 Å². The van der Waals surface area contributed by atoms with E-state index in [4.69, 9.17) is 4.74 Å². The van der Waals surface area contributed by atoms with Gasteiger partial charge in [0.2, 0.25) is 0 Å². The van der Waals surface area contributed by atoms with E-state index >= 15 is 0 Å². The number of aromatic nitrogens is 1. The molecule has 26 heavy (non-hydrogen) atoms. The molecule has 0 spiro atoms. The summed E-state index contributed by atoms with van der Waals surface area (Å²) < 4.78 is 5.22. The van der Waals surface area contributed by atoms with Gasteiger partial charge < -0.3 is 14.8 Å². The maximum atomic E-state index is 12.9. The third kappa shape index (κ3) is 1.75. The number of nitrogens with one attached hydrogen (secondary N) is 1. The van der Waals surface area contributed by atoms with Gasteiger partial charge in [-0.1, -0.05) is 29.8 Å². The minimum absolute atomic E-state index is 0.0286. The molecule has 3 fully saturated rings. The topological polar surface area (TPSA) is 65.6 Å². The lowest BCUT2D eigenvalue weighted by molar-refractivity contribution is -0.183. The van der Waals surface area contributed by atoms with Crippen LogP contribution in [0.3, 0.4) is 0 Å². The molecule has 0 aliphatic carbocycles. The van der Waals surface area contributed by atoms with Gasteiger partial charge in [0.1, 0.15) is 5.41 Å². The summed E-state index contributed by atoms with van der Waals surface area (Å²) in [6, 6.07) is 8.61. The summed E-state index contributed by atoms with van der Waals surface area (Å²) in [7, 11) is 1.43. The van der Waals surface area contributed by atoms with Crippen LogP contribution in [0, 0.1) is 11.3 Å². The van der Waals surface area contributed by atoms with E-state index in [1.165, 1.54) is 29.3 Å². The first-order chi connectivity index (χ1) is 12.7. The average Bonchev–Trinajstić information content (AvgIpc) is 3.06. The molecule has 5 heteroatoms. The number of fused-ring (bicyclic) bond motifs is 4. The Balaban J connectivity index is 1.73. The second-order valence-corrected chi connectivity index (χ2v) is 7.81. The molecule has 136 valence electrons. The Kier molecular flexibility index (Phi) is 3.37. The molecular weight excluding hydrogens is 328 g/mol. The van der Waals surface area contributed by atoms with Gasteiger partial charge in [-0.2, -0.15) is 0 Å². The Morgan fingerprint density at radius 1 is 1.46 bits per heavy atom. The van der Waals surface area contributed by atoms with Crippen LogP contribution in [0.25, 0.3) is 10.9 Å². The Hall–Kier alpha value is -2.11. The Morgan fingerprint density at radius 3 is 3.00 bits per heavy atom. The second kappa shape index (κ2) is 5.44. The van der Waals surface area contributed by atoms with Gasteiger partial charge in [0.15, 0.2) is 0 Å². The monoisotopic (exact) mass is 352 g/mol.